The molecule has 0 spiro atoms. The number of esters is 1. The largest absolute Gasteiger partial charge is 0.494 e. The normalized spacial score (nSPS) is 12.0. The third kappa shape index (κ3) is 3.75. The van der Waals surface area contributed by atoms with Gasteiger partial charge in [0.05, 0.1) is 6.61 Å². The predicted molar refractivity (Wildman–Crippen MR) is 82.7 cm³/mol. The number of carbonyl (C=O) groups is 1. The lowest BCUT2D eigenvalue weighted by molar-refractivity contribution is -0.146. The van der Waals surface area contributed by atoms with Crippen molar-refractivity contribution in [2.45, 2.75) is 19.9 Å². The van der Waals surface area contributed by atoms with Crippen LogP contribution in [-0.4, -0.2) is 41.1 Å². The van der Waals surface area contributed by atoms with Crippen LogP contribution in [0.15, 0.2) is 42.7 Å². The number of ether oxygens (including phenoxy) is 1. The number of nitrogens with zero attached hydrogens (tertiary/aromatic N) is 2. The number of hydrogen-bond donors (Lipinski definition) is 1. The molecule has 1 aromatic carbocycles. The Balaban J connectivity index is 2.31. The van der Waals surface area contributed by atoms with Crippen molar-refractivity contribution in [1.29, 1.82) is 0 Å². The van der Waals surface area contributed by atoms with Gasteiger partial charge in [-0.05, 0) is 19.4 Å². The minimum Gasteiger partial charge on any atom is -0.464 e. The zero-order valence-corrected chi connectivity index (χ0v) is 12.7. The maximum absolute atomic E-state index is 12.3. The van der Waals surface area contributed by atoms with Gasteiger partial charge in [-0.25, -0.2) is 4.79 Å². The van der Waals surface area contributed by atoms with Crippen molar-refractivity contribution in [3.05, 3.63) is 48.3 Å². The average Bonchev–Trinajstić information content (AvgIpc) is 2.99. The molecular formula is C15H19BN2O4. The van der Waals surface area contributed by atoms with E-state index in [9.17, 15) is 9.82 Å². The second-order valence-corrected chi connectivity index (χ2v) is 4.63. The van der Waals surface area contributed by atoms with E-state index < -0.39 is 19.1 Å². The molecule has 0 aliphatic rings. The molecule has 0 amide bonds. The summed E-state index contributed by atoms with van der Waals surface area (Å²) < 4.78 is 11.7. The summed E-state index contributed by atoms with van der Waals surface area (Å²) in [7, 11) is -1.06. The lowest BCUT2D eigenvalue weighted by Crippen LogP contribution is -2.33. The van der Waals surface area contributed by atoms with Crippen LogP contribution in [0.2, 0.25) is 0 Å². The van der Waals surface area contributed by atoms with Gasteiger partial charge in [0.15, 0.2) is 6.04 Å². The van der Waals surface area contributed by atoms with E-state index in [1.165, 1.54) is 10.9 Å². The Morgan fingerprint density at radius 3 is 2.68 bits per heavy atom. The highest BCUT2D eigenvalue weighted by Crippen LogP contribution is 2.18. The van der Waals surface area contributed by atoms with Gasteiger partial charge in [0.2, 0.25) is 0 Å². The second kappa shape index (κ2) is 7.77. The van der Waals surface area contributed by atoms with Gasteiger partial charge in [0.25, 0.3) is 0 Å². The Labute approximate surface area is 129 Å². The van der Waals surface area contributed by atoms with Crippen molar-refractivity contribution < 1.29 is 19.2 Å². The summed E-state index contributed by atoms with van der Waals surface area (Å²) in [6, 6.07) is 8.55. The number of rotatable bonds is 7. The Morgan fingerprint density at radius 1 is 1.32 bits per heavy atom. The smallest absolute Gasteiger partial charge is 0.464 e. The summed E-state index contributed by atoms with van der Waals surface area (Å²) >= 11 is 0. The molecule has 1 N–H and O–H groups in total. The number of carbonyl (C=O) groups excluding carboxylic acids is 1. The highest BCUT2D eigenvalue weighted by molar-refractivity contribution is 6.59. The molecular weight excluding hydrogens is 283 g/mol. The van der Waals surface area contributed by atoms with Crippen LogP contribution in [0.25, 0.3) is 0 Å². The Hall–Kier alpha value is -2.12. The molecule has 7 heteroatoms. The maximum atomic E-state index is 12.3. The van der Waals surface area contributed by atoms with Crippen LogP contribution in [0.4, 0.5) is 0 Å². The lowest BCUT2D eigenvalue weighted by Gasteiger charge is -2.16. The summed E-state index contributed by atoms with van der Waals surface area (Å²) in [6.45, 7) is 4.22. The molecule has 0 bridgehead atoms. The molecule has 2 rings (SSSR count). The Morgan fingerprint density at radius 2 is 2.05 bits per heavy atom. The van der Waals surface area contributed by atoms with Gasteiger partial charge in [-0.15, -0.1) is 0 Å². The fraction of sp³-hybridized carbons (Fsp3) is 0.333. The fourth-order valence-electron chi connectivity index (χ4n) is 2.13. The molecule has 1 aromatic heterocycles. The standard InChI is InChI=1S/C15H19BN2O4/c1-3-21-15(19)14(12-8-6-5-7-9-12)18-11-13(10-17-18)16(20)22-4-2/h5-11,14,20H,3-4H2,1-2H3. The topological polar surface area (TPSA) is 73.6 Å². The van der Waals surface area contributed by atoms with Crippen LogP contribution in [0.1, 0.15) is 25.5 Å². The van der Waals surface area contributed by atoms with E-state index in [0.29, 0.717) is 12.1 Å². The number of aromatic nitrogens is 2. The molecule has 0 fully saturated rings. The summed E-state index contributed by atoms with van der Waals surface area (Å²) in [6.07, 6.45) is 3.07. The Bertz CT molecular complexity index is 603. The molecule has 0 radical (unpaired) electrons. The maximum Gasteiger partial charge on any atom is 0.494 e. The monoisotopic (exact) mass is 302 g/mol. The number of benzene rings is 1. The molecule has 0 aliphatic heterocycles. The first-order chi connectivity index (χ1) is 10.7. The van der Waals surface area contributed by atoms with E-state index in [-0.39, 0.29) is 6.61 Å². The predicted octanol–water partition coefficient (Wildman–Crippen LogP) is 0.760. The molecule has 0 aliphatic carbocycles. The molecule has 1 unspecified atom stereocenters. The second-order valence-electron chi connectivity index (χ2n) is 4.63. The van der Waals surface area contributed by atoms with E-state index in [2.05, 4.69) is 5.10 Å². The van der Waals surface area contributed by atoms with Gasteiger partial charge >= 0.3 is 13.1 Å². The third-order valence-electron chi connectivity index (χ3n) is 3.12. The zero-order valence-electron chi connectivity index (χ0n) is 12.7. The summed E-state index contributed by atoms with van der Waals surface area (Å²) in [5.74, 6) is -0.394. The van der Waals surface area contributed by atoms with Gasteiger partial charge in [0.1, 0.15) is 0 Å². The fourth-order valence-corrected chi connectivity index (χ4v) is 2.13. The third-order valence-corrected chi connectivity index (χ3v) is 3.12. The first kappa shape index (κ1) is 16.3. The molecule has 116 valence electrons. The summed E-state index contributed by atoms with van der Waals surface area (Å²) in [5, 5.41) is 14.0. The van der Waals surface area contributed by atoms with E-state index in [0.717, 1.165) is 5.56 Å². The van der Waals surface area contributed by atoms with E-state index >= 15 is 0 Å². The van der Waals surface area contributed by atoms with Crippen molar-refractivity contribution in [3.63, 3.8) is 0 Å². The van der Waals surface area contributed by atoms with Gasteiger partial charge in [-0.1, -0.05) is 30.3 Å². The number of hydrogen-bond acceptors (Lipinski definition) is 5. The molecule has 2 aromatic rings. The van der Waals surface area contributed by atoms with Crippen LogP contribution >= 0.6 is 0 Å². The van der Waals surface area contributed by atoms with E-state index in [1.54, 1.807) is 20.0 Å². The first-order valence-corrected chi connectivity index (χ1v) is 7.22. The van der Waals surface area contributed by atoms with Crippen LogP contribution < -0.4 is 5.46 Å². The summed E-state index contributed by atoms with van der Waals surface area (Å²) in [5.41, 5.74) is 1.26. The van der Waals surface area contributed by atoms with Gasteiger partial charge < -0.3 is 14.4 Å². The van der Waals surface area contributed by atoms with Gasteiger partial charge in [-0.3, -0.25) is 4.68 Å². The van der Waals surface area contributed by atoms with Crippen LogP contribution in [0.5, 0.6) is 0 Å². The molecule has 22 heavy (non-hydrogen) atoms. The quantitative estimate of drug-likeness (QED) is 0.604. The minimum atomic E-state index is -1.06. The van der Waals surface area contributed by atoms with Crippen molar-refractivity contribution >= 4 is 18.6 Å². The van der Waals surface area contributed by atoms with Crippen molar-refractivity contribution in [2.24, 2.45) is 0 Å². The van der Waals surface area contributed by atoms with Gasteiger partial charge in [0, 0.05) is 24.5 Å². The Kier molecular flexibility index (Phi) is 5.74. The van der Waals surface area contributed by atoms with Crippen molar-refractivity contribution in [1.82, 2.24) is 9.78 Å². The highest BCUT2D eigenvalue weighted by Gasteiger charge is 2.27. The molecule has 6 nitrogen and oxygen atoms in total. The minimum absolute atomic E-state index is 0.290. The SMILES string of the molecule is CCOB(O)c1cnn(C(C(=O)OCC)c2ccccc2)c1. The van der Waals surface area contributed by atoms with E-state index in [1.807, 2.05) is 30.3 Å². The summed E-state index contributed by atoms with van der Waals surface area (Å²) in [4.78, 5) is 12.3. The van der Waals surface area contributed by atoms with Crippen molar-refractivity contribution in [2.75, 3.05) is 13.2 Å². The average molecular weight is 302 g/mol. The lowest BCUT2D eigenvalue weighted by atomic mass is 9.82. The van der Waals surface area contributed by atoms with E-state index in [4.69, 9.17) is 9.39 Å². The van der Waals surface area contributed by atoms with Crippen LogP contribution in [0, 0.1) is 0 Å². The molecule has 1 atom stereocenters. The van der Waals surface area contributed by atoms with Gasteiger partial charge in [-0.2, -0.15) is 5.10 Å². The van der Waals surface area contributed by atoms with Crippen molar-refractivity contribution in [3.8, 4) is 0 Å². The van der Waals surface area contributed by atoms with Crippen LogP contribution in [0.3, 0.4) is 0 Å². The molecule has 0 saturated heterocycles. The zero-order chi connectivity index (χ0) is 15.9. The molecule has 1 heterocycles. The van der Waals surface area contributed by atoms with Crippen LogP contribution in [-0.2, 0) is 14.2 Å². The highest BCUT2D eigenvalue weighted by atomic mass is 16.5. The molecule has 0 saturated carbocycles. The first-order valence-electron chi connectivity index (χ1n) is 7.22.